The van der Waals surface area contributed by atoms with E-state index in [-0.39, 0.29) is 23.6 Å². The van der Waals surface area contributed by atoms with Gasteiger partial charge in [-0.3, -0.25) is 14.9 Å². The van der Waals surface area contributed by atoms with Crippen LogP contribution in [0, 0.1) is 22.0 Å². The molecule has 1 atom stereocenters. The number of carbonyl (C=O) groups excluding carboxylic acids is 1. The Kier molecular flexibility index (Phi) is 7.68. The molecular formula is C20H29F3N4O3. The molecule has 10 heteroatoms. The highest BCUT2D eigenvalue weighted by atomic mass is 19.4. The van der Waals surface area contributed by atoms with Crippen LogP contribution < -0.4 is 10.2 Å². The first-order chi connectivity index (χ1) is 13.9. The van der Waals surface area contributed by atoms with Gasteiger partial charge in [-0.05, 0) is 45.0 Å². The lowest BCUT2D eigenvalue weighted by Crippen LogP contribution is -2.46. The average Bonchev–Trinajstić information content (AvgIpc) is 2.66. The molecule has 1 amide bonds. The minimum atomic E-state index is -4.64. The predicted octanol–water partition coefficient (Wildman–Crippen LogP) is 3.53. The van der Waals surface area contributed by atoms with E-state index in [0.29, 0.717) is 44.5 Å². The molecule has 0 aromatic heterocycles. The second-order valence-electron chi connectivity index (χ2n) is 8.24. The fraction of sp³-hybridized carbons (Fsp3) is 0.650. The lowest BCUT2D eigenvalue weighted by atomic mass is 9.94. The second-order valence-corrected chi connectivity index (χ2v) is 8.24. The standard InChI is InChI=1S/C20H29F3N4O3/c1-13(2)18(25(3)4)12-24-19(28)14-7-9-26(10-8-14)16-6-5-15(20(21,22)23)11-17(16)27(29)30/h5-6,11,13-14,18H,7-10,12H2,1-4H3,(H,24,28). The highest BCUT2D eigenvalue weighted by molar-refractivity contribution is 5.79. The molecule has 0 bridgehead atoms. The number of amides is 1. The van der Waals surface area contributed by atoms with Gasteiger partial charge in [0.1, 0.15) is 5.69 Å². The van der Waals surface area contributed by atoms with Crippen LogP contribution in [0.5, 0.6) is 0 Å². The number of nitro benzene ring substituents is 1. The first-order valence-electron chi connectivity index (χ1n) is 9.96. The second kappa shape index (κ2) is 9.63. The van der Waals surface area contributed by atoms with Gasteiger partial charge in [0, 0.05) is 37.7 Å². The molecule has 1 aliphatic heterocycles. The Labute approximate surface area is 174 Å². The van der Waals surface area contributed by atoms with Gasteiger partial charge in [0.25, 0.3) is 5.69 Å². The number of nitrogens with one attached hydrogen (secondary N) is 1. The van der Waals surface area contributed by atoms with Crippen molar-refractivity contribution in [1.29, 1.82) is 0 Å². The number of hydrogen-bond donors (Lipinski definition) is 1. The molecule has 0 aliphatic carbocycles. The molecule has 0 saturated carbocycles. The first-order valence-corrected chi connectivity index (χ1v) is 9.96. The van der Waals surface area contributed by atoms with Gasteiger partial charge < -0.3 is 15.1 Å². The molecule has 30 heavy (non-hydrogen) atoms. The molecule has 1 unspecified atom stereocenters. The van der Waals surface area contributed by atoms with E-state index >= 15 is 0 Å². The van der Waals surface area contributed by atoms with E-state index in [1.165, 1.54) is 0 Å². The van der Waals surface area contributed by atoms with E-state index in [0.717, 1.165) is 12.1 Å². The van der Waals surface area contributed by atoms with Crippen molar-refractivity contribution in [3.63, 3.8) is 0 Å². The monoisotopic (exact) mass is 430 g/mol. The zero-order valence-electron chi connectivity index (χ0n) is 17.7. The van der Waals surface area contributed by atoms with Gasteiger partial charge in [0.2, 0.25) is 5.91 Å². The Morgan fingerprint density at radius 3 is 2.37 bits per heavy atom. The van der Waals surface area contributed by atoms with Crippen LogP contribution in [0.4, 0.5) is 24.5 Å². The maximum Gasteiger partial charge on any atom is 0.416 e. The molecule has 1 aromatic rings. The molecule has 0 spiro atoms. The predicted molar refractivity (Wildman–Crippen MR) is 108 cm³/mol. The molecule has 1 N–H and O–H groups in total. The van der Waals surface area contributed by atoms with Crippen LogP contribution in [0.25, 0.3) is 0 Å². The lowest BCUT2D eigenvalue weighted by molar-refractivity contribution is -0.384. The van der Waals surface area contributed by atoms with Gasteiger partial charge in [0.05, 0.1) is 10.5 Å². The van der Waals surface area contributed by atoms with Gasteiger partial charge in [-0.1, -0.05) is 13.8 Å². The first kappa shape index (κ1) is 23.9. The van der Waals surface area contributed by atoms with Crippen LogP contribution in [0.15, 0.2) is 18.2 Å². The van der Waals surface area contributed by atoms with E-state index in [1.807, 2.05) is 14.1 Å². The van der Waals surface area contributed by atoms with Crippen molar-refractivity contribution in [3.05, 3.63) is 33.9 Å². The number of likely N-dealkylation sites (N-methyl/N-ethyl adjacent to an activating group) is 1. The summed E-state index contributed by atoms with van der Waals surface area (Å²) in [5.74, 6) is 0.108. The molecule has 1 aromatic carbocycles. The summed E-state index contributed by atoms with van der Waals surface area (Å²) in [5.41, 5.74) is -1.47. The fourth-order valence-corrected chi connectivity index (χ4v) is 3.86. The number of carbonyl (C=O) groups is 1. The smallest absolute Gasteiger partial charge is 0.366 e. The number of anilines is 1. The lowest BCUT2D eigenvalue weighted by Gasteiger charge is -2.33. The number of piperidine rings is 1. The maximum atomic E-state index is 12.9. The highest BCUT2D eigenvalue weighted by Crippen LogP contribution is 2.37. The SMILES string of the molecule is CC(C)C(CNC(=O)C1CCN(c2ccc(C(F)(F)F)cc2[N+](=O)[O-])CC1)N(C)C. The van der Waals surface area contributed by atoms with E-state index in [1.54, 1.807) is 4.90 Å². The van der Waals surface area contributed by atoms with E-state index in [9.17, 15) is 28.1 Å². The van der Waals surface area contributed by atoms with E-state index in [2.05, 4.69) is 24.1 Å². The van der Waals surface area contributed by atoms with Crippen LogP contribution in [-0.2, 0) is 11.0 Å². The Bertz CT molecular complexity index is 752. The van der Waals surface area contributed by atoms with Crippen molar-refractivity contribution >= 4 is 17.3 Å². The summed E-state index contributed by atoms with van der Waals surface area (Å²) in [6.07, 6.45) is -3.68. The van der Waals surface area contributed by atoms with Crippen LogP contribution in [0.2, 0.25) is 0 Å². The molecule has 0 radical (unpaired) electrons. The minimum Gasteiger partial charge on any atom is -0.366 e. The van der Waals surface area contributed by atoms with Crippen molar-refractivity contribution in [2.45, 2.75) is 38.9 Å². The summed E-state index contributed by atoms with van der Waals surface area (Å²) < 4.78 is 38.7. The zero-order chi connectivity index (χ0) is 22.6. The Morgan fingerprint density at radius 1 is 1.30 bits per heavy atom. The van der Waals surface area contributed by atoms with Crippen molar-refractivity contribution in [1.82, 2.24) is 10.2 Å². The van der Waals surface area contributed by atoms with Crippen molar-refractivity contribution in [3.8, 4) is 0 Å². The normalized spacial score (nSPS) is 16.8. The van der Waals surface area contributed by atoms with Crippen LogP contribution >= 0.6 is 0 Å². The van der Waals surface area contributed by atoms with Crippen molar-refractivity contribution in [2.24, 2.45) is 11.8 Å². The van der Waals surface area contributed by atoms with Crippen LogP contribution in [-0.4, -0.2) is 55.5 Å². The summed E-state index contributed by atoms with van der Waals surface area (Å²) in [5, 5.41) is 14.3. The number of benzene rings is 1. The fourth-order valence-electron chi connectivity index (χ4n) is 3.86. The Balaban J connectivity index is 2.02. The zero-order valence-corrected chi connectivity index (χ0v) is 17.7. The molecule has 1 heterocycles. The van der Waals surface area contributed by atoms with Gasteiger partial charge >= 0.3 is 6.18 Å². The number of alkyl halides is 3. The summed E-state index contributed by atoms with van der Waals surface area (Å²) in [6.45, 7) is 5.45. The number of hydrogen-bond acceptors (Lipinski definition) is 5. The third-order valence-corrected chi connectivity index (χ3v) is 5.62. The number of nitro groups is 1. The summed E-state index contributed by atoms with van der Waals surface area (Å²) in [6, 6.07) is 2.78. The van der Waals surface area contributed by atoms with Gasteiger partial charge in [0.15, 0.2) is 0 Å². The topological polar surface area (TPSA) is 78.7 Å². The van der Waals surface area contributed by atoms with Crippen molar-refractivity contribution < 1.29 is 22.9 Å². The van der Waals surface area contributed by atoms with Crippen molar-refractivity contribution in [2.75, 3.05) is 38.6 Å². The highest BCUT2D eigenvalue weighted by Gasteiger charge is 2.35. The third-order valence-electron chi connectivity index (χ3n) is 5.62. The Morgan fingerprint density at radius 2 is 1.90 bits per heavy atom. The summed E-state index contributed by atoms with van der Waals surface area (Å²) in [7, 11) is 3.93. The quantitative estimate of drug-likeness (QED) is 0.529. The van der Waals surface area contributed by atoms with Gasteiger partial charge in [-0.25, -0.2) is 0 Å². The largest absolute Gasteiger partial charge is 0.416 e. The summed E-state index contributed by atoms with van der Waals surface area (Å²) in [4.78, 5) is 26.8. The van der Waals surface area contributed by atoms with Gasteiger partial charge in [-0.15, -0.1) is 0 Å². The van der Waals surface area contributed by atoms with E-state index in [4.69, 9.17) is 0 Å². The van der Waals surface area contributed by atoms with E-state index < -0.39 is 22.4 Å². The third kappa shape index (κ3) is 5.84. The van der Waals surface area contributed by atoms with Crippen LogP contribution in [0.3, 0.4) is 0 Å². The molecule has 7 nitrogen and oxygen atoms in total. The molecule has 2 rings (SSSR count). The van der Waals surface area contributed by atoms with Crippen LogP contribution in [0.1, 0.15) is 32.3 Å². The number of rotatable bonds is 7. The molecule has 1 saturated heterocycles. The molecule has 1 fully saturated rings. The summed E-state index contributed by atoms with van der Waals surface area (Å²) >= 11 is 0. The molecule has 168 valence electrons. The maximum absolute atomic E-state index is 12.9. The minimum absolute atomic E-state index is 0.0518. The molecule has 1 aliphatic rings. The number of halogens is 3. The van der Waals surface area contributed by atoms with Gasteiger partial charge in [-0.2, -0.15) is 13.2 Å². The number of nitrogens with zero attached hydrogens (tertiary/aromatic N) is 3. The average molecular weight is 430 g/mol. The molecular weight excluding hydrogens is 401 g/mol. The Hall–Kier alpha value is -2.36.